The van der Waals surface area contributed by atoms with E-state index in [4.69, 9.17) is 0 Å². The Morgan fingerprint density at radius 3 is 2.55 bits per heavy atom. The number of piperidine rings is 1. The smallest absolute Gasteiger partial charge is 0.0269 e. The molecule has 0 amide bonds. The Morgan fingerprint density at radius 1 is 1.00 bits per heavy atom. The third kappa shape index (κ3) is 1.57. The van der Waals surface area contributed by atoms with Gasteiger partial charge in [0.05, 0.1) is 0 Å². The summed E-state index contributed by atoms with van der Waals surface area (Å²) in [6.07, 6.45) is 6.79. The monoisotopic (exact) mass is 155 g/mol. The second-order valence-electron chi connectivity index (χ2n) is 4.01. The predicted molar refractivity (Wildman–Crippen MR) is 43.4 cm³/mol. The van der Waals surface area contributed by atoms with E-state index in [9.17, 15) is 5.21 Å². The van der Waals surface area contributed by atoms with Crippen molar-refractivity contribution in [1.82, 2.24) is 5.06 Å². The van der Waals surface area contributed by atoms with Crippen LogP contribution in [0.3, 0.4) is 0 Å². The van der Waals surface area contributed by atoms with Crippen molar-refractivity contribution in [3.63, 3.8) is 0 Å². The molecule has 64 valence electrons. The van der Waals surface area contributed by atoms with Gasteiger partial charge in [-0.15, -0.1) is 0 Å². The standard InChI is InChI=1S/C9H17NO/c11-10-6-5-8-3-1-2-4-9(8)7-10/h8-9,11H,1-7H2. The fraction of sp³-hybridized carbons (Fsp3) is 1.00. The first kappa shape index (κ1) is 7.56. The van der Waals surface area contributed by atoms with E-state index in [1.54, 1.807) is 0 Å². The Bertz CT molecular complexity index is 138. The fourth-order valence-electron chi connectivity index (χ4n) is 2.58. The zero-order chi connectivity index (χ0) is 7.68. The van der Waals surface area contributed by atoms with Crippen LogP contribution in [0, 0.1) is 11.8 Å². The van der Waals surface area contributed by atoms with Gasteiger partial charge < -0.3 is 5.21 Å². The topological polar surface area (TPSA) is 23.5 Å². The van der Waals surface area contributed by atoms with Crippen LogP contribution in [0.5, 0.6) is 0 Å². The van der Waals surface area contributed by atoms with Crippen molar-refractivity contribution in [1.29, 1.82) is 0 Å². The Kier molecular flexibility index (Phi) is 2.14. The summed E-state index contributed by atoms with van der Waals surface area (Å²) in [6.45, 7) is 1.84. The first-order valence-corrected chi connectivity index (χ1v) is 4.80. The first-order valence-electron chi connectivity index (χ1n) is 4.80. The number of nitrogens with zero attached hydrogens (tertiary/aromatic N) is 1. The van der Waals surface area contributed by atoms with Crippen LogP contribution in [0.4, 0.5) is 0 Å². The maximum absolute atomic E-state index is 9.28. The van der Waals surface area contributed by atoms with E-state index in [1.807, 2.05) is 0 Å². The van der Waals surface area contributed by atoms with Gasteiger partial charge in [0, 0.05) is 13.1 Å². The molecule has 2 aliphatic rings. The van der Waals surface area contributed by atoms with Gasteiger partial charge in [0.25, 0.3) is 0 Å². The summed E-state index contributed by atoms with van der Waals surface area (Å²) in [6, 6.07) is 0. The maximum atomic E-state index is 9.28. The molecule has 2 atom stereocenters. The van der Waals surface area contributed by atoms with Crippen molar-refractivity contribution in [3.05, 3.63) is 0 Å². The van der Waals surface area contributed by atoms with Gasteiger partial charge in [0.2, 0.25) is 0 Å². The number of hydrogen-bond acceptors (Lipinski definition) is 2. The van der Waals surface area contributed by atoms with Crippen LogP contribution >= 0.6 is 0 Å². The molecule has 1 N–H and O–H groups in total. The number of hydrogen-bond donors (Lipinski definition) is 1. The van der Waals surface area contributed by atoms with Crippen LogP contribution in [0.1, 0.15) is 32.1 Å². The third-order valence-electron chi connectivity index (χ3n) is 3.27. The molecule has 0 spiro atoms. The molecule has 0 radical (unpaired) electrons. The van der Waals surface area contributed by atoms with Gasteiger partial charge in [-0.3, -0.25) is 0 Å². The largest absolute Gasteiger partial charge is 0.314 e. The van der Waals surface area contributed by atoms with Crippen molar-refractivity contribution >= 4 is 0 Å². The molecule has 2 heteroatoms. The molecule has 0 bridgehead atoms. The van der Waals surface area contributed by atoms with Crippen LogP contribution in [-0.4, -0.2) is 23.4 Å². The van der Waals surface area contributed by atoms with Crippen molar-refractivity contribution in [2.75, 3.05) is 13.1 Å². The summed E-state index contributed by atoms with van der Waals surface area (Å²) < 4.78 is 0. The van der Waals surface area contributed by atoms with E-state index in [2.05, 4.69) is 0 Å². The summed E-state index contributed by atoms with van der Waals surface area (Å²) in [5, 5.41) is 10.8. The van der Waals surface area contributed by atoms with E-state index in [1.165, 1.54) is 37.2 Å². The molecule has 1 saturated carbocycles. The second kappa shape index (κ2) is 3.11. The molecule has 2 rings (SSSR count). The molecule has 11 heavy (non-hydrogen) atoms. The highest BCUT2D eigenvalue weighted by atomic mass is 16.5. The zero-order valence-corrected chi connectivity index (χ0v) is 7.00. The maximum Gasteiger partial charge on any atom is 0.0269 e. The molecule has 2 nitrogen and oxygen atoms in total. The van der Waals surface area contributed by atoms with Gasteiger partial charge >= 0.3 is 0 Å². The molecule has 1 aliphatic carbocycles. The normalized spacial score (nSPS) is 40.1. The van der Waals surface area contributed by atoms with Crippen molar-refractivity contribution in [3.8, 4) is 0 Å². The van der Waals surface area contributed by atoms with Gasteiger partial charge in [-0.1, -0.05) is 19.3 Å². The molecule has 1 heterocycles. The van der Waals surface area contributed by atoms with E-state index in [0.29, 0.717) is 0 Å². The summed E-state index contributed by atoms with van der Waals surface area (Å²) in [5.41, 5.74) is 0. The van der Waals surface area contributed by atoms with Gasteiger partial charge in [0.1, 0.15) is 0 Å². The lowest BCUT2D eigenvalue weighted by Gasteiger charge is -2.38. The average molecular weight is 155 g/mol. The van der Waals surface area contributed by atoms with Crippen LogP contribution in [0.25, 0.3) is 0 Å². The van der Waals surface area contributed by atoms with Crippen LogP contribution in [0.15, 0.2) is 0 Å². The number of fused-ring (bicyclic) bond motifs is 1. The van der Waals surface area contributed by atoms with E-state index in [0.717, 1.165) is 24.9 Å². The molecule has 2 fully saturated rings. The first-order chi connectivity index (χ1) is 5.36. The van der Waals surface area contributed by atoms with E-state index in [-0.39, 0.29) is 0 Å². The number of hydroxylamine groups is 2. The van der Waals surface area contributed by atoms with Gasteiger partial charge in [-0.2, -0.15) is 5.06 Å². The summed E-state index contributed by atoms with van der Waals surface area (Å²) in [5.74, 6) is 1.75. The van der Waals surface area contributed by atoms with Crippen molar-refractivity contribution in [2.45, 2.75) is 32.1 Å². The lowest BCUT2D eigenvalue weighted by molar-refractivity contribution is -0.134. The summed E-state index contributed by atoms with van der Waals surface area (Å²) in [4.78, 5) is 0. The highest BCUT2D eigenvalue weighted by molar-refractivity contribution is 4.80. The van der Waals surface area contributed by atoms with Crippen molar-refractivity contribution in [2.24, 2.45) is 11.8 Å². The highest BCUT2D eigenvalue weighted by Gasteiger charge is 2.30. The molecule has 1 aliphatic heterocycles. The van der Waals surface area contributed by atoms with Crippen LogP contribution in [-0.2, 0) is 0 Å². The van der Waals surface area contributed by atoms with Crippen LogP contribution < -0.4 is 0 Å². The summed E-state index contributed by atoms with van der Waals surface area (Å²) >= 11 is 0. The Morgan fingerprint density at radius 2 is 1.73 bits per heavy atom. The molecule has 2 unspecified atom stereocenters. The number of rotatable bonds is 0. The van der Waals surface area contributed by atoms with Crippen LogP contribution in [0.2, 0.25) is 0 Å². The van der Waals surface area contributed by atoms with Crippen molar-refractivity contribution < 1.29 is 5.21 Å². The van der Waals surface area contributed by atoms with Gasteiger partial charge in [0.15, 0.2) is 0 Å². The molecule has 1 saturated heterocycles. The van der Waals surface area contributed by atoms with E-state index >= 15 is 0 Å². The van der Waals surface area contributed by atoms with E-state index < -0.39 is 0 Å². The highest BCUT2D eigenvalue weighted by Crippen LogP contribution is 2.35. The Hall–Kier alpha value is -0.0800. The van der Waals surface area contributed by atoms with Gasteiger partial charge in [-0.05, 0) is 24.7 Å². The lowest BCUT2D eigenvalue weighted by Crippen LogP contribution is -2.39. The quantitative estimate of drug-likeness (QED) is 0.577. The molecule has 0 aromatic rings. The SMILES string of the molecule is ON1CCC2CCCCC2C1. The predicted octanol–water partition coefficient (Wildman–Crippen LogP) is 1.89. The average Bonchev–Trinajstić information content (AvgIpc) is 2.04. The second-order valence-corrected chi connectivity index (χ2v) is 4.01. The molecular formula is C9H17NO. The minimum atomic E-state index is 0.808. The third-order valence-corrected chi connectivity index (χ3v) is 3.27. The molecular weight excluding hydrogens is 138 g/mol. The fourth-order valence-corrected chi connectivity index (χ4v) is 2.58. The minimum Gasteiger partial charge on any atom is -0.314 e. The zero-order valence-electron chi connectivity index (χ0n) is 7.00. The summed E-state index contributed by atoms with van der Waals surface area (Å²) in [7, 11) is 0. The molecule has 0 aromatic carbocycles. The minimum absolute atomic E-state index is 0.808. The lowest BCUT2D eigenvalue weighted by atomic mass is 9.75. The van der Waals surface area contributed by atoms with Gasteiger partial charge in [-0.25, -0.2) is 0 Å². The Balaban J connectivity index is 1.93. The molecule has 0 aromatic heterocycles. The Labute approximate surface area is 68.2 Å².